The van der Waals surface area contributed by atoms with Crippen molar-refractivity contribution in [2.45, 2.75) is 37.0 Å². The first kappa shape index (κ1) is 13.4. The second kappa shape index (κ2) is 6.23. The molecule has 1 heterocycles. The first-order chi connectivity index (χ1) is 8.68. The lowest BCUT2D eigenvalue weighted by Gasteiger charge is -2.25. The molecule has 1 amide bonds. The minimum Gasteiger partial charge on any atom is -0.339 e. The summed E-state index contributed by atoms with van der Waals surface area (Å²) < 4.78 is 13.7. The number of hydrogen-bond acceptors (Lipinski definition) is 2. The number of thiol groups is 1. The van der Waals surface area contributed by atoms with E-state index in [0.29, 0.717) is 4.90 Å². The third-order valence-electron chi connectivity index (χ3n) is 3.32. The number of carbonyl (C=O) groups is 1. The van der Waals surface area contributed by atoms with Crippen LogP contribution in [0.3, 0.4) is 0 Å². The quantitative estimate of drug-likeness (QED) is 0.772. The van der Waals surface area contributed by atoms with E-state index in [1.54, 1.807) is 11.0 Å². The summed E-state index contributed by atoms with van der Waals surface area (Å²) in [6, 6.07) is 4.38. The van der Waals surface area contributed by atoms with Crippen molar-refractivity contribution in [2.75, 3.05) is 13.1 Å². The second-order valence-electron chi connectivity index (χ2n) is 4.72. The molecule has 98 valence electrons. The fourth-order valence-corrected chi connectivity index (χ4v) is 2.50. The summed E-state index contributed by atoms with van der Waals surface area (Å²) in [6.45, 7) is 1.46. The first-order valence-corrected chi connectivity index (χ1v) is 6.91. The summed E-state index contributed by atoms with van der Waals surface area (Å²) in [4.78, 5) is 14.7. The maximum absolute atomic E-state index is 13.7. The van der Waals surface area contributed by atoms with E-state index in [0.717, 1.165) is 38.8 Å². The maximum Gasteiger partial charge on any atom is 0.256 e. The highest BCUT2D eigenvalue weighted by molar-refractivity contribution is 7.80. The van der Waals surface area contributed by atoms with Gasteiger partial charge in [-0.2, -0.15) is 0 Å². The van der Waals surface area contributed by atoms with Gasteiger partial charge in [0, 0.05) is 18.0 Å². The number of hydrogen-bond donors (Lipinski definition) is 1. The van der Waals surface area contributed by atoms with Crippen molar-refractivity contribution in [1.29, 1.82) is 0 Å². The smallest absolute Gasteiger partial charge is 0.256 e. The largest absolute Gasteiger partial charge is 0.339 e. The molecule has 2 nitrogen and oxygen atoms in total. The summed E-state index contributed by atoms with van der Waals surface area (Å²) in [5, 5.41) is 0. The van der Waals surface area contributed by atoms with E-state index < -0.39 is 5.82 Å². The van der Waals surface area contributed by atoms with E-state index in [4.69, 9.17) is 0 Å². The summed E-state index contributed by atoms with van der Waals surface area (Å²) in [7, 11) is 0. The van der Waals surface area contributed by atoms with Gasteiger partial charge in [-0.05, 0) is 31.0 Å². The molecule has 1 aliphatic rings. The number of halogens is 1. The second-order valence-corrected chi connectivity index (χ2v) is 5.24. The van der Waals surface area contributed by atoms with Gasteiger partial charge in [-0.1, -0.05) is 19.3 Å². The lowest BCUT2D eigenvalue weighted by molar-refractivity contribution is 0.0737. The Bertz CT molecular complexity index is 428. The van der Waals surface area contributed by atoms with E-state index in [9.17, 15) is 9.18 Å². The number of nitrogens with zero attached hydrogens (tertiary/aromatic N) is 1. The highest BCUT2D eigenvalue weighted by Gasteiger charge is 2.19. The molecule has 0 N–H and O–H groups in total. The number of amides is 1. The molecule has 0 radical (unpaired) electrons. The molecule has 0 aliphatic carbocycles. The Morgan fingerprint density at radius 3 is 2.39 bits per heavy atom. The van der Waals surface area contributed by atoms with Gasteiger partial charge in [0.05, 0.1) is 5.56 Å². The monoisotopic (exact) mass is 267 g/mol. The average molecular weight is 267 g/mol. The standard InChI is InChI=1S/C14H18FNOS/c15-13-7-6-11(18)10-12(13)14(17)16-8-4-2-1-3-5-9-16/h6-7,10,18H,1-5,8-9H2. The van der Waals surface area contributed by atoms with Crippen molar-refractivity contribution in [2.24, 2.45) is 0 Å². The van der Waals surface area contributed by atoms with Crippen LogP contribution < -0.4 is 0 Å². The molecule has 1 aliphatic heterocycles. The lowest BCUT2D eigenvalue weighted by Crippen LogP contribution is -2.34. The number of carbonyl (C=O) groups excluding carboxylic acids is 1. The summed E-state index contributed by atoms with van der Waals surface area (Å²) in [5.41, 5.74) is 0.142. The van der Waals surface area contributed by atoms with Crippen LogP contribution in [0.2, 0.25) is 0 Å². The lowest BCUT2D eigenvalue weighted by atomic mass is 10.1. The van der Waals surface area contributed by atoms with Crippen LogP contribution in [0.4, 0.5) is 4.39 Å². The molecule has 0 atom stereocenters. The van der Waals surface area contributed by atoms with Crippen LogP contribution in [-0.4, -0.2) is 23.9 Å². The zero-order chi connectivity index (χ0) is 13.0. The normalized spacial score (nSPS) is 17.1. The van der Waals surface area contributed by atoms with E-state index in [2.05, 4.69) is 12.6 Å². The predicted molar refractivity (Wildman–Crippen MR) is 72.6 cm³/mol. The van der Waals surface area contributed by atoms with Crippen LogP contribution in [0, 0.1) is 5.82 Å². The third-order valence-corrected chi connectivity index (χ3v) is 3.60. The van der Waals surface area contributed by atoms with Crippen molar-refractivity contribution in [3.05, 3.63) is 29.6 Å². The molecule has 1 saturated heterocycles. The van der Waals surface area contributed by atoms with Crippen LogP contribution in [0.25, 0.3) is 0 Å². The fraction of sp³-hybridized carbons (Fsp3) is 0.500. The molecule has 1 aromatic rings. The number of benzene rings is 1. The van der Waals surface area contributed by atoms with Crippen LogP contribution in [-0.2, 0) is 0 Å². The van der Waals surface area contributed by atoms with Crippen molar-refractivity contribution in [3.8, 4) is 0 Å². The average Bonchev–Trinajstić information content (AvgIpc) is 2.31. The molecular formula is C14H18FNOS. The van der Waals surface area contributed by atoms with Gasteiger partial charge in [-0.15, -0.1) is 12.6 Å². The minimum absolute atomic E-state index is 0.142. The minimum atomic E-state index is -0.458. The zero-order valence-electron chi connectivity index (χ0n) is 10.4. The molecule has 4 heteroatoms. The molecule has 0 spiro atoms. The Balaban J connectivity index is 2.15. The molecule has 0 saturated carbocycles. The molecule has 0 bridgehead atoms. The van der Waals surface area contributed by atoms with Crippen LogP contribution in [0.15, 0.2) is 23.1 Å². The number of rotatable bonds is 1. The molecule has 1 fully saturated rings. The maximum atomic E-state index is 13.7. The number of likely N-dealkylation sites (tertiary alicyclic amines) is 1. The van der Waals surface area contributed by atoms with Gasteiger partial charge in [0.25, 0.3) is 5.91 Å². The molecule has 0 unspecified atom stereocenters. The molecule has 0 aromatic heterocycles. The van der Waals surface area contributed by atoms with Gasteiger partial charge < -0.3 is 4.90 Å². The van der Waals surface area contributed by atoms with Gasteiger partial charge in [0.15, 0.2) is 0 Å². The predicted octanol–water partition coefficient (Wildman–Crippen LogP) is 3.52. The van der Waals surface area contributed by atoms with Crippen molar-refractivity contribution in [3.63, 3.8) is 0 Å². The highest BCUT2D eigenvalue weighted by Crippen LogP contribution is 2.18. The Kier molecular flexibility index (Phi) is 4.64. The first-order valence-electron chi connectivity index (χ1n) is 6.46. The Morgan fingerprint density at radius 2 is 1.72 bits per heavy atom. The van der Waals surface area contributed by atoms with Gasteiger partial charge in [-0.25, -0.2) is 4.39 Å². The summed E-state index contributed by atoms with van der Waals surface area (Å²) in [6.07, 6.45) is 5.56. The van der Waals surface area contributed by atoms with Gasteiger partial charge in [0.2, 0.25) is 0 Å². The Labute approximate surface area is 113 Å². The van der Waals surface area contributed by atoms with Crippen molar-refractivity contribution >= 4 is 18.5 Å². The molecule has 2 rings (SSSR count). The zero-order valence-corrected chi connectivity index (χ0v) is 11.3. The van der Waals surface area contributed by atoms with E-state index in [1.165, 1.54) is 18.6 Å². The topological polar surface area (TPSA) is 20.3 Å². The van der Waals surface area contributed by atoms with Crippen LogP contribution in [0.1, 0.15) is 42.5 Å². The van der Waals surface area contributed by atoms with E-state index in [1.807, 2.05) is 0 Å². The molecule has 18 heavy (non-hydrogen) atoms. The third kappa shape index (κ3) is 3.25. The van der Waals surface area contributed by atoms with E-state index in [-0.39, 0.29) is 11.5 Å². The molecule has 1 aromatic carbocycles. The fourth-order valence-electron chi connectivity index (χ4n) is 2.30. The van der Waals surface area contributed by atoms with Gasteiger partial charge in [-0.3, -0.25) is 4.79 Å². The Hall–Kier alpha value is -1.03. The van der Waals surface area contributed by atoms with Crippen molar-refractivity contribution < 1.29 is 9.18 Å². The van der Waals surface area contributed by atoms with E-state index >= 15 is 0 Å². The van der Waals surface area contributed by atoms with Gasteiger partial charge >= 0.3 is 0 Å². The highest BCUT2D eigenvalue weighted by atomic mass is 32.1. The van der Waals surface area contributed by atoms with Crippen molar-refractivity contribution in [1.82, 2.24) is 4.90 Å². The SMILES string of the molecule is O=C(c1cc(S)ccc1F)N1CCCCCCC1. The summed E-state index contributed by atoms with van der Waals surface area (Å²) >= 11 is 4.16. The van der Waals surface area contributed by atoms with Crippen LogP contribution in [0.5, 0.6) is 0 Å². The Morgan fingerprint density at radius 1 is 1.11 bits per heavy atom. The molecular weight excluding hydrogens is 249 g/mol. The summed E-state index contributed by atoms with van der Waals surface area (Å²) in [5.74, 6) is -0.662. The van der Waals surface area contributed by atoms with Gasteiger partial charge in [0.1, 0.15) is 5.82 Å². The van der Waals surface area contributed by atoms with Crippen LogP contribution >= 0.6 is 12.6 Å².